The van der Waals surface area contributed by atoms with E-state index in [0.717, 1.165) is 17.2 Å². The summed E-state index contributed by atoms with van der Waals surface area (Å²) >= 11 is 0. The first-order chi connectivity index (χ1) is 13.2. The Morgan fingerprint density at radius 2 is 1.79 bits per heavy atom. The van der Waals surface area contributed by atoms with Gasteiger partial charge in [0.25, 0.3) is 11.6 Å². The average molecular weight is 384 g/mol. The summed E-state index contributed by atoms with van der Waals surface area (Å²) in [5, 5.41) is 13.1. The molecular weight excluding hydrogens is 364 g/mol. The molecule has 0 radical (unpaired) electrons. The predicted molar refractivity (Wildman–Crippen MR) is 101 cm³/mol. The van der Waals surface area contributed by atoms with E-state index >= 15 is 0 Å². The van der Waals surface area contributed by atoms with Crippen LogP contribution in [-0.2, 0) is 9.53 Å². The van der Waals surface area contributed by atoms with Crippen LogP contribution < -0.4 is 5.32 Å². The van der Waals surface area contributed by atoms with Crippen LogP contribution in [0.3, 0.4) is 0 Å². The van der Waals surface area contributed by atoms with Gasteiger partial charge in [-0.15, -0.1) is 0 Å². The number of carbonyl (C=O) groups is 3. The van der Waals surface area contributed by atoms with Crippen LogP contribution in [0.2, 0.25) is 0 Å². The molecule has 0 bridgehead atoms. The van der Waals surface area contributed by atoms with Crippen LogP contribution >= 0.6 is 0 Å². The lowest BCUT2D eigenvalue weighted by atomic mass is 10.0. The lowest BCUT2D eigenvalue weighted by Gasteiger charge is -2.13. The van der Waals surface area contributed by atoms with Crippen molar-refractivity contribution in [1.29, 1.82) is 0 Å². The van der Waals surface area contributed by atoms with E-state index in [1.165, 1.54) is 25.1 Å². The van der Waals surface area contributed by atoms with Crippen molar-refractivity contribution in [2.45, 2.75) is 26.9 Å². The first kappa shape index (κ1) is 20.8. The largest absolute Gasteiger partial charge is 0.453 e. The van der Waals surface area contributed by atoms with E-state index in [9.17, 15) is 24.5 Å². The van der Waals surface area contributed by atoms with Crippen LogP contribution in [-0.4, -0.2) is 35.2 Å². The maximum absolute atomic E-state index is 12.4. The molecule has 0 heterocycles. The number of ketones is 1. The molecule has 0 fully saturated rings. The molecule has 1 amide bonds. The van der Waals surface area contributed by atoms with Crippen molar-refractivity contribution < 1.29 is 24.0 Å². The van der Waals surface area contributed by atoms with Gasteiger partial charge in [0.2, 0.25) is 5.78 Å². The summed E-state index contributed by atoms with van der Waals surface area (Å²) < 4.78 is 5.07. The number of esters is 1. The van der Waals surface area contributed by atoms with Gasteiger partial charge in [0.05, 0.1) is 4.92 Å². The summed E-state index contributed by atoms with van der Waals surface area (Å²) in [6.45, 7) is 4.80. The molecule has 0 saturated heterocycles. The Labute approximate surface area is 161 Å². The molecule has 0 aliphatic rings. The summed E-state index contributed by atoms with van der Waals surface area (Å²) in [5.74, 6) is -1.79. The van der Waals surface area contributed by atoms with Gasteiger partial charge in [0.15, 0.2) is 6.10 Å². The van der Waals surface area contributed by atoms with Crippen LogP contribution in [0.25, 0.3) is 0 Å². The summed E-state index contributed by atoms with van der Waals surface area (Å²) in [4.78, 5) is 46.5. The topological polar surface area (TPSA) is 116 Å². The van der Waals surface area contributed by atoms with Gasteiger partial charge < -0.3 is 10.1 Å². The standard InChI is InChI=1S/C20H20N2O6/c1-12-7-8-15(9-13(12)2)19(24)14(3)28-18(23)11-21-20(25)16-5-4-6-17(10-16)22(26)27/h4-10,14H,11H2,1-3H3,(H,21,25)/t14-/m1/s1. The van der Waals surface area contributed by atoms with Gasteiger partial charge in [-0.2, -0.15) is 0 Å². The number of non-ortho nitro benzene ring substituents is 1. The quantitative estimate of drug-likeness (QED) is 0.340. The zero-order chi connectivity index (χ0) is 20.8. The molecule has 1 atom stereocenters. The third-order valence-electron chi connectivity index (χ3n) is 4.18. The number of ether oxygens (including phenoxy) is 1. The average Bonchev–Trinajstić information content (AvgIpc) is 2.67. The van der Waals surface area contributed by atoms with Gasteiger partial charge in [-0.25, -0.2) is 0 Å². The summed E-state index contributed by atoms with van der Waals surface area (Å²) in [7, 11) is 0. The number of nitro groups is 1. The van der Waals surface area contributed by atoms with E-state index in [2.05, 4.69) is 5.32 Å². The highest BCUT2D eigenvalue weighted by Gasteiger charge is 2.20. The minimum absolute atomic E-state index is 0.0428. The number of rotatable bonds is 7. The second-order valence-electron chi connectivity index (χ2n) is 6.29. The number of carbonyl (C=O) groups excluding carboxylic acids is 3. The van der Waals surface area contributed by atoms with Gasteiger partial charge in [-0.3, -0.25) is 24.5 Å². The lowest BCUT2D eigenvalue weighted by molar-refractivity contribution is -0.384. The number of amides is 1. The maximum atomic E-state index is 12.4. The van der Waals surface area contributed by atoms with Crippen LogP contribution in [0.4, 0.5) is 5.69 Å². The Balaban J connectivity index is 1.91. The number of nitrogens with zero attached hydrogens (tertiary/aromatic N) is 1. The van der Waals surface area contributed by atoms with Crippen molar-refractivity contribution in [2.75, 3.05) is 6.54 Å². The first-order valence-corrected chi connectivity index (χ1v) is 8.52. The van der Waals surface area contributed by atoms with Crippen molar-refractivity contribution >= 4 is 23.3 Å². The van der Waals surface area contributed by atoms with Crippen molar-refractivity contribution in [3.8, 4) is 0 Å². The van der Waals surface area contributed by atoms with E-state index in [-0.39, 0.29) is 17.0 Å². The van der Waals surface area contributed by atoms with Crippen LogP contribution in [0.5, 0.6) is 0 Å². The number of benzene rings is 2. The molecule has 0 aliphatic heterocycles. The molecule has 2 rings (SSSR count). The van der Waals surface area contributed by atoms with E-state index in [4.69, 9.17) is 4.74 Å². The van der Waals surface area contributed by atoms with Crippen LogP contribution in [0.1, 0.15) is 38.8 Å². The number of hydrogen-bond donors (Lipinski definition) is 1. The summed E-state index contributed by atoms with van der Waals surface area (Å²) in [6.07, 6.45) is -1.01. The van der Waals surface area contributed by atoms with Crippen molar-refractivity contribution in [1.82, 2.24) is 5.32 Å². The number of nitro benzene ring substituents is 1. The van der Waals surface area contributed by atoms with Crippen molar-refractivity contribution in [2.24, 2.45) is 0 Å². The Bertz CT molecular complexity index is 938. The first-order valence-electron chi connectivity index (χ1n) is 8.52. The third-order valence-corrected chi connectivity index (χ3v) is 4.18. The molecule has 146 valence electrons. The lowest BCUT2D eigenvalue weighted by Crippen LogP contribution is -2.34. The zero-order valence-electron chi connectivity index (χ0n) is 15.7. The fraction of sp³-hybridized carbons (Fsp3) is 0.250. The number of nitrogens with one attached hydrogen (secondary N) is 1. The molecule has 0 aliphatic carbocycles. The van der Waals surface area contributed by atoms with Crippen LogP contribution in [0.15, 0.2) is 42.5 Å². The summed E-state index contributed by atoms with van der Waals surface area (Å²) in [5.41, 5.74) is 2.24. The highest BCUT2D eigenvalue weighted by molar-refractivity contribution is 6.01. The van der Waals surface area contributed by atoms with Gasteiger partial charge in [-0.05, 0) is 44.0 Å². The number of Topliss-reactive ketones (excluding diaryl/α,β-unsaturated/α-hetero) is 1. The smallest absolute Gasteiger partial charge is 0.326 e. The highest BCUT2D eigenvalue weighted by Crippen LogP contribution is 2.14. The fourth-order valence-electron chi connectivity index (χ4n) is 2.44. The monoisotopic (exact) mass is 384 g/mol. The normalized spacial score (nSPS) is 11.4. The molecule has 0 saturated carbocycles. The maximum Gasteiger partial charge on any atom is 0.326 e. The Kier molecular flexibility index (Phi) is 6.59. The number of aryl methyl sites for hydroxylation is 2. The van der Waals surface area contributed by atoms with E-state index in [1.807, 2.05) is 19.9 Å². The molecule has 2 aromatic rings. The van der Waals surface area contributed by atoms with E-state index in [0.29, 0.717) is 5.56 Å². The second kappa shape index (κ2) is 8.90. The minimum atomic E-state index is -1.01. The van der Waals surface area contributed by atoms with E-state index < -0.39 is 29.4 Å². The minimum Gasteiger partial charge on any atom is -0.453 e. The van der Waals surface area contributed by atoms with Crippen molar-refractivity contribution in [3.05, 3.63) is 74.8 Å². The molecule has 8 nitrogen and oxygen atoms in total. The summed E-state index contributed by atoms with van der Waals surface area (Å²) in [6, 6.07) is 10.3. The molecular formula is C20H20N2O6. The molecule has 28 heavy (non-hydrogen) atoms. The molecule has 2 aromatic carbocycles. The molecule has 0 spiro atoms. The van der Waals surface area contributed by atoms with Gasteiger partial charge >= 0.3 is 5.97 Å². The SMILES string of the molecule is Cc1ccc(C(=O)[C@@H](C)OC(=O)CNC(=O)c2cccc([N+](=O)[O-])c2)cc1C. The van der Waals surface area contributed by atoms with E-state index in [1.54, 1.807) is 12.1 Å². The molecule has 0 aromatic heterocycles. The van der Waals surface area contributed by atoms with Crippen molar-refractivity contribution in [3.63, 3.8) is 0 Å². The molecule has 8 heteroatoms. The Hall–Kier alpha value is -3.55. The number of hydrogen-bond acceptors (Lipinski definition) is 6. The zero-order valence-corrected chi connectivity index (χ0v) is 15.7. The highest BCUT2D eigenvalue weighted by atomic mass is 16.6. The predicted octanol–water partition coefficient (Wildman–Crippen LogP) is 2.76. The van der Waals surface area contributed by atoms with Crippen LogP contribution in [0, 0.1) is 24.0 Å². The molecule has 0 unspecified atom stereocenters. The van der Waals surface area contributed by atoms with Gasteiger partial charge in [0.1, 0.15) is 6.54 Å². The van der Waals surface area contributed by atoms with Gasteiger partial charge in [-0.1, -0.05) is 18.2 Å². The Morgan fingerprint density at radius 3 is 2.43 bits per heavy atom. The third kappa shape index (κ3) is 5.23. The Morgan fingerprint density at radius 1 is 1.07 bits per heavy atom. The fourth-order valence-corrected chi connectivity index (χ4v) is 2.44. The van der Waals surface area contributed by atoms with Gasteiger partial charge in [0, 0.05) is 23.3 Å². The second-order valence-corrected chi connectivity index (χ2v) is 6.29. The molecule has 1 N–H and O–H groups in total.